The van der Waals surface area contributed by atoms with Crippen molar-refractivity contribution in [1.29, 1.82) is 0 Å². The van der Waals surface area contributed by atoms with Crippen molar-refractivity contribution in [3.05, 3.63) is 0 Å². The van der Waals surface area contributed by atoms with Gasteiger partial charge in [0.25, 0.3) is 0 Å². The van der Waals surface area contributed by atoms with Gasteiger partial charge in [-0.2, -0.15) is 11.8 Å². The monoisotopic (exact) mass is 344 g/mol. The molecular formula is C17H32N2O3S. The maximum absolute atomic E-state index is 12.2. The third kappa shape index (κ3) is 6.51. The first-order valence-corrected chi connectivity index (χ1v) is 9.93. The molecule has 1 atom stereocenters. The van der Waals surface area contributed by atoms with Crippen molar-refractivity contribution in [1.82, 2.24) is 9.80 Å². The Morgan fingerprint density at radius 2 is 1.91 bits per heavy atom. The summed E-state index contributed by atoms with van der Waals surface area (Å²) in [5, 5.41) is 11.0. The molecule has 0 radical (unpaired) electrons. The smallest absolute Gasteiger partial charge is 0.410 e. The molecule has 0 spiro atoms. The highest BCUT2D eigenvalue weighted by atomic mass is 32.2. The summed E-state index contributed by atoms with van der Waals surface area (Å²) >= 11 is 2.00. The zero-order chi connectivity index (χ0) is 16.9. The van der Waals surface area contributed by atoms with E-state index in [4.69, 9.17) is 4.74 Å². The SMILES string of the molecule is CC(C)(C)OC(=O)N1CCC[C@@](O)(CN2CCCSCC2)CC1. The molecule has 0 aromatic carbocycles. The van der Waals surface area contributed by atoms with Crippen LogP contribution >= 0.6 is 11.8 Å². The van der Waals surface area contributed by atoms with Gasteiger partial charge in [0, 0.05) is 31.9 Å². The summed E-state index contributed by atoms with van der Waals surface area (Å²) in [6, 6.07) is 0. The van der Waals surface area contributed by atoms with Gasteiger partial charge in [-0.15, -0.1) is 0 Å². The largest absolute Gasteiger partial charge is 0.444 e. The molecule has 1 amide bonds. The number of thioether (sulfide) groups is 1. The lowest BCUT2D eigenvalue weighted by Crippen LogP contribution is -2.45. The number of β-amino-alcohol motifs (C(OH)–C–C–N with tert-alkyl or cyclic N) is 1. The summed E-state index contributed by atoms with van der Waals surface area (Å²) in [6.07, 6.45) is 3.17. The first-order chi connectivity index (χ1) is 10.8. The van der Waals surface area contributed by atoms with E-state index in [9.17, 15) is 9.90 Å². The fourth-order valence-corrected chi connectivity index (χ4v) is 4.14. The van der Waals surface area contributed by atoms with Gasteiger partial charge in [0.2, 0.25) is 0 Å². The molecule has 2 saturated heterocycles. The van der Waals surface area contributed by atoms with Crippen molar-refractivity contribution < 1.29 is 14.6 Å². The minimum absolute atomic E-state index is 0.257. The van der Waals surface area contributed by atoms with E-state index in [0.29, 0.717) is 19.5 Å². The molecule has 0 aliphatic carbocycles. The van der Waals surface area contributed by atoms with Gasteiger partial charge in [0.05, 0.1) is 5.60 Å². The maximum atomic E-state index is 12.2. The predicted molar refractivity (Wildman–Crippen MR) is 95.0 cm³/mol. The van der Waals surface area contributed by atoms with E-state index in [-0.39, 0.29) is 6.09 Å². The lowest BCUT2D eigenvalue weighted by Gasteiger charge is -2.33. The molecule has 1 N–H and O–H groups in total. The number of ether oxygens (including phenoxy) is 1. The van der Waals surface area contributed by atoms with Gasteiger partial charge in [-0.1, -0.05) is 0 Å². The Labute approximate surface area is 144 Å². The summed E-state index contributed by atoms with van der Waals surface area (Å²) in [7, 11) is 0. The van der Waals surface area contributed by atoms with Crippen LogP contribution in [0.3, 0.4) is 0 Å². The summed E-state index contributed by atoms with van der Waals surface area (Å²) in [6.45, 7) is 9.77. The number of amides is 1. The average Bonchev–Trinajstić information content (AvgIpc) is 2.78. The molecule has 23 heavy (non-hydrogen) atoms. The number of hydrogen-bond acceptors (Lipinski definition) is 5. The zero-order valence-corrected chi connectivity index (χ0v) is 15.7. The third-order valence-electron chi connectivity index (χ3n) is 4.40. The number of nitrogens with zero attached hydrogens (tertiary/aromatic N) is 2. The van der Waals surface area contributed by atoms with Crippen LogP contribution in [0.2, 0.25) is 0 Å². The third-order valence-corrected chi connectivity index (χ3v) is 5.45. The lowest BCUT2D eigenvalue weighted by molar-refractivity contribution is -0.00875. The van der Waals surface area contributed by atoms with Crippen molar-refractivity contribution >= 4 is 17.9 Å². The van der Waals surface area contributed by atoms with E-state index >= 15 is 0 Å². The number of carbonyl (C=O) groups excluding carboxylic acids is 1. The molecule has 6 heteroatoms. The molecule has 0 unspecified atom stereocenters. The molecule has 0 saturated carbocycles. The lowest BCUT2D eigenvalue weighted by atomic mass is 9.94. The quantitative estimate of drug-likeness (QED) is 0.834. The van der Waals surface area contributed by atoms with Crippen LogP contribution in [0.25, 0.3) is 0 Å². The normalized spacial score (nSPS) is 28.1. The predicted octanol–water partition coefficient (Wildman–Crippen LogP) is 2.58. The van der Waals surface area contributed by atoms with Crippen LogP contribution in [0.15, 0.2) is 0 Å². The maximum Gasteiger partial charge on any atom is 0.410 e. The molecule has 0 aromatic rings. The van der Waals surface area contributed by atoms with Crippen LogP contribution < -0.4 is 0 Å². The van der Waals surface area contributed by atoms with Crippen LogP contribution in [0.5, 0.6) is 0 Å². The fraction of sp³-hybridized carbons (Fsp3) is 0.941. The van der Waals surface area contributed by atoms with Gasteiger partial charge in [-0.3, -0.25) is 4.90 Å². The van der Waals surface area contributed by atoms with Crippen molar-refractivity contribution in [2.24, 2.45) is 0 Å². The first-order valence-electron chi connectivity index (χ1n) is 8.78. The van der Waals surface area contributed by atoms with E-state index < -0.39 is 11.2 Å². The van der Waals surface area contributed by atoms with Crippen LogP contribution in [0.4, 0.5) is 4.79 Å². The van der Waals surface area contributed by atoms with E-state index in [1.165, 1.54) is 12.2 Å². The van der Waals surface area contributed by atoms with Crippen molar-refractivity contribution in [2.45, 2.75) is 57.7 Å². The Morgan fingerprint density at radius 3 is 2.65 bits per heavy atom. The van der Waals surface area contributed by atoms with Gasteiger partial charge >= 0.3 is 6.09 Å². The van der Waals surface area contributed by atoms with Gasteiger partial charge in [-0.25, -0.2) is 4.79 Å². The second kappa shape index (κ2) is 8.08. The van der Waals surface area contributed by atoms with E-state index in [1.54, 1.807) is 4.90 Å². The Morgan fingerprint density at radius 1 is 1.13 bits per heavy atom. The van der Waals surface area contributed by atoms with Crippen LogP contribution in [0, 0.1) is 0 Å². The van der Waals surface area contributed by atoms with Crippen molar-refractivity contribution in [3.63, 3.8) is 0 Å². The molecule has 2 heterocycles. The van der Waals surface area contributed by atoms with Crippen molar-refractivity contribution in [3.8, 4) is 0 Å². The molecule has 0 aromatic heterocycles. The minimum Gasteiger partial charge on any atom is -0.444 e. The van der Waals surface area contributed by atoms with Gasteiger partial charge in [-0.05, 0) is 58.8 Å². The standard InChI is InChI=1S/C17H32N2O3S/c1-16(2,3)22-15(20)19-9-4-6-17(21,7-10-19)14-18-8-5-12-23-13-11-18/h21H,4-14H2,1-3H3/t17-/m0/s1. The van der Waals surface area contributed by atoms with Crippen LogP contribution in [-0.2, 0) is 4.74 Å². The second-order valence-corrected chi connectivity index (χ2v) is 9.01. The number of carbonyl (C=O) groups is 1. The van der Waals surface area contributed by atoms with E-state index in [0.717, 1.165) is 38.2 Å². The molecule has 2 aliphatic rings. The van der Waals surface area contributed by atoms with Gasteiger partial charge < -0.3 is 14.7 Å². The summed E-state index contributed by atoms with van der Waals surface area (Å²) in [5.74, 6) is 2.38. The highest BCUT2D eigenvalue weighted by molar-refractivity contribution is 7.99. The van der Waals surface area contributed by atoms with Crippen LogP contribution in [0.1, 0.15) is 46.5 Å². The summed E-state index contributed by atoms with van der Waals surface area (Å²) in [4.78, 5) is 16.4. The minimum atomic E-state index is -0.675. The molecule has 2 rings (SSSR count). The molecule has 2 aliphatic heterocycles. The average molecular weight is 345 g/mol. The number of rotatable bonds is 2. The highest BCUT2D eigenvalue weighted by Gasteiger charge is 2.34. The fourth-order valence-electron chi connectivity index (χ4n) is 3.22. The molecule has 0 bridgehead atoms. The topological polar surface area (TPSA) is 53.0 Å². The second-order valence-electron chi connectivity index (χ2n) is 7.79. The Hall–Kier alpha value is -0.460. The van der Waals surface area contributed by atoms with E-state index in [2.05, 4.69) is 4.90 Å². The molecule has 5 nitrogen and oxygen atoms in total. The zero-order valence-electron chi connectivity index (χ0n) is 14.8. The van der Waals surface area contributed by atoms with Crippen molar-refractivity contribution in [2.75, 3.05) is 44.2 Å². The Kier molecular flexibility index (Phi) is 6.63. The van der Waals surface area contributed by atoms with Gasteiger partial charge in [0.15, 0.2) is 0 Å². The number of likely N-dealkylation sites (tertiary alicyclic amines) is 1. The Balaban J connectivity index is 1.87. The molecular weight excluding hydrogens is 312 g/mol. The first kappa shape index (κ1) is 18.9. The summed E-state index contributed by atoms with van der Waals surface area (Å²) < 4.78 is 5.46. The molecule has 134 valence electrons. The summed E-state index contributed by atoms with van der Waals surface area (Å²) in [5.41, 5.74) is -1.14. The molecule has 2 fully saturated rings. The van der Waals surface area contributed by atoms with E-state index in [1.807, 2.05) is 32.5 Å². The van der Waals surface area contributed by atoms with Crippen LogP contribution in [-0.4, -0.2) is 76.4 Å². The Bertz CT molecular complexity index is 392. The highest BCUT2D eigenvalue weighted by Crippen LogP contribution is 2.25. The van der Waals surface area contributed by atoms with Gasteiger partial charge in [0.1, 0.15) is 5.60 Å². The number of aliphatic hydroxyl groups is 1. The number of hydrogen-bond donors (Lipinski definition) is 1.